The molecule has 1 saturated heterocycles. The summed E-state index contributed by atoms with van der Waals surface area (Å²) in [6.45, 7) is 2.62. The van der Waals surface area contributed by atoms with Gasteiger partial charge in [0.05, 0.1) is 12.2 Å². The number of rotatable bonds is 3. The average molecular weight is 330 g/mol. The molecule has 24 heavy (non-hydrogen) atoms. The summed E-state index contributed by atoms with van der Waals surface area (Å²) in [6.07, 6.45) is 0.971. The van der Waals surface area contributed by atoms with Crippen LogP contribution in [0.3, 0.4) is 0 Å². The van der Waals surface area contributed by atoms with E-state index in [0.717, 1.165) is 5.56 Å². The Bertz CT molecular complexity index is 783. The normalized spacial score (nSPS) is 20.9. The Labute approximate surface area is 139 Å². The molecule has 2 heterocycles. The van der Waals surface area contributed by atoms with Crippen molar-refractivity contribution in [1.29, 1.82) is 0 Å². The van der Waals surface area contributed by atoms with E-state index in [2.05, 4.69) is 10.2 Å². The molecule has 126 valence electrons. The maximum absolute atomic E-state index is 13.4. The molecule has 0 unspecified atom stereocenters. The zero-order chi connectivity index (χ0) is 17.3. The summed E-state index contributed by atoms with van der Waals surface area (Å²) in [4.78, 5) is 13.3. The van der Waals surface area contributed by atoms with Gasteiger partial charge < -0.3 is 15.7 Å². The van der Waals surface area contributed by atoms with E-state index in [1.54, 1.807) is 12.1 Å². The maximum atomic E-state index is 13.4. The number of nitrogens with zero attached hydrogens (tertiary/aromatic N) is 3. The molecule has 1 aromatic heterocycles. The third kappa shape index (κ3) is 3.07. The van der Waals surface area contributed by atoms with E-state index in [9.17, 15) is 14.3 Å². The predicted molar refractivity (Wildman–Crippen MR) is 87.8 cm³/mol. The quantitative estimate of drug-likeness (QED) is 0.888. The highest BCUT2D eigenvalue weighted by Gasteiger charge is 2.39. The summed E-state index contributed by atoms with van der Waals surface area (Å²) in [5.41, 5.74) is 5.80. The van der Waals surface area contributed by atoms with Crippen molar-refractivity contribution in [3.63, 3.8) is 0 Å². The van der Waals surface area contributed by atoms with E-state index in [-0.39, 0.29) is 12.4 Å². The van der Waals surface area contributed by atoms with Gasteiger partial charge >= 0.3 is 0 Å². The van der Waals surface area contributed by atoms with Crippen LogP contribution in [-0.4, -0.2) is 39.9 Å². The van der Waals surface area contributed by atoms with Crippen LogP contribution in [0, 0.1) is 12.7 Å². The first kappa shape index (κ1) is 16.3. The Balaban J connectivity index is 1.89. The topological polar surface area (TPSA) is 92.3 Å². The molecule has 0 radical (unpaired) electrons. The Morgan fingerprint density at radius 3 is 2.83 bits per heavy atom. The van der Waals surface area contributed by atoms with Gasteiger partial charge in [0.1, 0.15) is 5.82 Å². The highest BCUT2D eigenvalue weighted by atomic mass is 19.1. The molecular formula is C17H19FN4O2. The molecule has 3 rings (SSSR count). The molecule has 0 saturated carbocycles. The first-order valence-corrected chi connectivity index (χ1v) is 7.76. The van der Waals surface area contributed by atoms with Gasteiger partial charge in [0, 0.05) is 12.1 Å². The van der Waals surface area contributed by atoms with Gasteiger partial charge in [-0.1, -0.05) is 12.1 Å². The number of β-amino-alcohol motifs (C(OH)–C–C–N with tert-alkyl or cyclic N) is 1. The van der Waals surface area contributed by atoms with Crippen molar-refractivity contribution in [2.45, 2.75) is 25.4 Å². The predicted octanol–water partition coefficient (Wildman–Crippen LogP) is 1.41. The van der Waals surface area contributed by atoms with Crippen LogP contribution in [0.25, 0.3) is 11.3 Å². The number of halogens is 1. The SMILES string of the molecule is Cc1cc(-c2cccc(F)c2)nnc1N1CCC[C@@](O)(C(N)=O)C1. The fourth-order valence-electron chi connectivity index (χ4n) is 3.00. The molecule has 0 spiro atoms. The molecule has 1 aromatic carbocycles. The largest absolute Gasteiger partial charge is 0.378 e. The number of anilines is 1. The molecule has 7 heteroatoms. The van der Waals surface area contributed by atoms with Crippen LogP contribution in [0.2, 0.25) is 0 Å². The van der Waals surface area contributed by atoms with Gasteiger partial charge in [-0.05, 0) is 43.5 Å². The van der Waals surface area contributed by atoms with E-state index in [0.29, 0.717) is 36.5 Å². The van der Waals surface area contributed by atoms with Crippen molar-refractivity contribution >= 4 is 11.7 Å². The van der Waals surface area contributed by atoms with E-state index < -0.39 is 11.5 Å². The molecule has 0 bridgehead atoms. The molecule has 1 atom stereocenters. The molecule has 2 aromatic rings. The highest BCUT2D eigenvalue weighted by Crippen LogP contribution is 2.28. The number of aromatic nitrogens is 2. The summed E-state index contributed by atoms with van der Waals surface area (Å²) in [5.74, 6) is -0.470. The number of carbonyl (C=O) groups excluding carboxylic acids is 1. The van der Waals surface area contributed by atoms with Gasteiger partial charge in [-0.15, -0.1) is 10.2 Å². The number of aryl methyl sites for hydroxylation is 1. The van der Waals surface area contributed by atoms with Crippen molar-refractivity contribution < 1.29 is 14.3 Å². The Morgan fingerprint density at radius 2 is 2.17 bits per heavy atom. The minimum Gasteiger partial charge on any atom is -0.378 e. The van der Waals surface area contributed by atoms with Crippen molar-refractivity contribution in [3.8, 4) is 11.3 Å². The lowest BCUT2D eigenvalue weighted by atomic mass is 9.92. The Kier molecular flexibility index (Phi) is 4.19. The van der Waals surface area contributed by atoms with Crippen LogP contribution in [0.1, 0.15) is 18.4 Å². The van der Waals surface area contributed by atoms with Gasteiger partial charge in [-0.2, -0.15) is 0 Å². The van der Waals surface area contributed by atoms with Gasteiger partial charge in [-0.3, -0.25) is 4.79 Å². The average Bonchev–Trinajstić information content (AvgIpc) is 2.54. The lowest BCUT2D eigenvalue weighted by Gasteiger charge is -2.38. The molecule has 6 nitrogen and oxygen atoms in total. The first-order valence-electron chi connectivity index (χ1n) is 7.76. The summed E-state index contributed by atoms with van der Waals surface area (Å²) < 4.78 is 13.4. The van der Waals surface area contributed by atoms with Crippen LogP contribution in [0.5, 0.6) is 0 Å². The number of hydrogen-bond donors (Lipinski definition) is 2. The third-order valence-electron chi connectivity index (χ3n) is 4.31. The number of benzene rings is 1. The van der Waals surface area contributed by atoms with E-state index >= 15 is 0 Å². The summed E-state index contributed by atoms with van der Waals surface area (Å²) in [5, 5.41) is 18.7. The molecule has 1 aliphatic heterocycles. The standard InChI is InChI=1S/C17H19FN4O2/c1-11-8-14(12-4-2-5-13(18)9-12)20-21-15(11)22-7-3-6-17(24,10-22)16(19)23/h2,4-5,8-9,24H,3,6-7,10H2,1H3,(H2,19,23)/t17-/m0/s1. The van der Waals surface area contributed by atoms with Crippen LogP contribution >= 0.6 is 0 Å². The fourth-order valence-corrected chi connectivity index (χ4v) is 3.00. The van der Waals surface area contributed by atoms with Gasteiger partial charge in [0.15, 0.2) is 11.4 Å². The minimum atomic E-state index is -1.55. The summed E-state index contributed by atoms with van der Waals surface area (Å²) >= 11 is 0. The molecular weight excluding hydrogens is 311 g/mol. The second-order valence-corrected chi connectivity index (χ2v) is 6.17. The van der Waals surface area contributed by atoms with Gasteiger partial charge in [0.25, 0.3) is 5.91 Å². The summed E-state index contributed by atoms with van der Waals surface area (Å²) in [7, 11) is 0. The third-order valence-corrected chi connectivity index (χ3v) is 4.31. The fraction of sp³-hybridized carbons (Fsp3) is 0.353. The number of aliphatic hydroxyl groups is 1. The number of piperidine rings is 1. The van der Waals surface area contributed by atoms with Crippen molar-refractivity contribution in [2.75, 3.05) is 18.0 Å². The van der Waals surface area contributed by atoms with Crippen LogP contribution in [0.4, 0.5) is 10.2 Å². The zero-order valence-electron chi connectivity index (χ0n) is 13.4. The first-order chi connectivity index (χ1) is 11.4. The van der Waals surface area contributed by atoms with Crippen molar-refractivity contribution in [3.05, 3.63) is 41.7 Å². The van der Waals surface area contributed by atoms with Crippen LogP contribution < -0.4 is 10.6 Å². The van der Waals surface area contributed by atoms with Crippen molar-refractivity contribution in [2.24, 2.45) is 5.73 Å². The molecule has 1 amide bonds. The summed E-state index contributed by atoms with van der Waals surface area (Å²) in [6, 6.07) is 7.97. The second-order valence-electron chi connectivity index (χ2n) is 6.17. The van der Waals surface area contributed by atoms with Gasteiger partial charge in [-0.25, -0.2) is 4.39 Å². The van der Waals surface area contributed by atoms with Crippen LogP contribution in [-0.2, 0) is 4.79 Å². The molecule has 3 N–H and O–H groups in total. The smallest absolute Gasteiger partial charge is 0.251 e. The van der Waals surface area contributed by atoms with E-state index in [4.69, 9.17) is 5.73 Å². The molecule has 0 aliphatic carbocycles. The number of nitrogens with two attached hydrogens (primary N) is 1. The monoisotopic (exact) mass is 330 g/mol. The van der Waals surface area contributed by atoms with Gasteiger partial charge in [0.2, 0.25) is 0 Å². The van der Waals surface area contributed by atoms with E-state index in [1.807, 2.05) is 17.9 Å². The molecule has 1 fully saturated rings. The molecule has 1 aliphatic rings. The lowest BCUT2D eigenvalue weighted by Crippen LogP contribution is -2.56. The lowest BCUT2D eigenvalue weighted by molar-refractivity contribution is -0.137. The van der Waals surface area contributed by atoms with E-state index in [1.165, 1.54) is 12.1 Å². The maximum Gasteiger partial charge on any atom is 0.251 e. The minimum absolute atomic E-state index is 0.0944. The zero-order valence-corrected chi connectivity index (χ0v) is 13.4. The van der Waals surface area contributed by atoms with Crippen molar-refractivity contribution in [1.82, 2.24) is 10.2 Å². The Hall–Kier alpha value is -2.54. The Morgan fingerprint density at radius 1 is 1.38 bits per heavy atom. The highest BCUT2D eigenvalue weighted by molar-refractivity contribution is 5.84. The van der Waals surface area contributed by atoms with Crippen LogP contribution in [0.15, 0.2) is 30.3 Å². The number of carbonyl (C=O) groups is 1. The number of primary amides is 1. The number of hydrogen-bond acceptors (Lipinski definition) is 5. The second kappa shape index (κ2) is 6.16. The number of amides is 1.